The topological polar surface area (TPSA) is 0 Å². The second kappa shape index (κ2) is 6.65. The third kappa shape index (κ3) is 3.39. The maximum Gasteiger partial charge on any atom is 0.00695 e. The molecular weight excluding hydrogens is 236 g/mol. The van der Waals surface area contributed by atoms with Crippen molar-refractivity contribution in [3.05, 3.63) is 54.1 Å². The highest BCUT2D eigenvalue weighted by molar-refractivity contribution is 7.98. The van der Waals surface area contributed by atoms with Crippen LogP contribution in [0.3, 0.4) is 0 Å². The van der Waals surface area contributed by atoms with Crippen LogP contribution in [0.5, 0.6) is 0 Å². The van der Waals surface area contributed by atoms with E-state index in [-0.39, 0.29) is 0 Å². The van der Waals surface area contributed by atoms with Gasteiger partial charge in [0.1, 0.15) is 0 Å². The molecule has 0 unspecified atom stereocenters. The van der Waals surface area contributed by atoms with E-state index < -0.39 is 0 Å². The second-order valence-corrected chi connectivity index (χ2v) is 5.41. The molecule has 0 aliphatic heterocycles. The van der Waals surface area contributed by atoms with Gasteiger partial charge in [-0.25, -0.2) is 0 Å². The Hall–Kier alpha value is -1.21. The minimum atomic E-state index is 1.20. The molecule has 0 atom stereocenters. The fourth-order valence-electron chi connectivity index (χ4n) is 2.03. The van der Waals surface area contributed by atoms with Crippen LogP contribution in [0.15, 0.2) is 53.4 Å². The Morgan fingerprint density at radius 2 is 1.39 bits per heavy atom. The summed E-state index contributed by atoms with van der Waals surface area (Å²) in [6.45, 7) is 2.24. The first kappa shape index (κ1) is 13.2. The Balaban J connectivity index is 2.12. The summed E-state index contributed by atoms with van der Waals surface area (Å²) in [4.78, 5) is 1.32. The van der Waals surface area contributed by atoms with Crippen molar-refractivity contribution in [2.24, 2.45) is 0 Å². The summed E-state index contributed by atoms with van der Waals surface area (Å²) in [7, 11) is 0. The van der Waals surface area contributed by atoms with E-state index in [9.17, 15) is 0 Å². The van der Waals surface area contributed by atoms with Crippen LogP contribution in [0, 0.1) is 0 Å². The summed E-state index contributed by atoms with van der Waals surface area (Å²) in [5, 5.41) is 0. The van der Waals surface area contributed by atoms with E-state index in [1.807, 2.05) is 0 Å². The van der Waals surface area contributed by atoms with Crippen molar-refractivity contribution >= 4 is 11.8 Å². The van der Waals surface area contributed by atoms with Gasteiger partial charge in [0, 0.05) is 4.90 Å². The zero-order chi connectivity index (χ0) is 12.8. The van der Waals surface area contributed by atoms with E-state index in [0.717, 1.165) is 0 Å². The molecule has 0 fully saturated rings. The predicted octanol–water partition coefficient (Wildman–Crippen LogP) is 5.42. The van der Waals surface area contributed by atoms with Crippen LogP contribution < -0.4 is 0 Å². The first-order valence-electron chi connectivity index (χ1n) is 6.57. The molecule has 18 heavy (non-hydrogen) atoms. The van der Waals surface area contributed by atoms with Crippen LogP contribution in [0.1, 0.15) is 25.3 Å². The van der Waals surface area contributed by atoms with Gasteiger partial charge in [0.2, 0.25) is 0 Å². The van der Waals surface area contributed by atoms with Crippen LogP contribution in [0.2, 0.25) is 0 Å². The number of unbranched alkanes of at least 4 members (excludes halogenated alkanes) is 1. The lowest BCUT2D eigenvalue weighted by Gasteiger charge is -2.05. The third-order valence-corrected chi connectivity index (χ3v) is 3.94. The van der Waals surface area contributed by atoms with Gasteiger partial charge in [-0.05, 0) is 47.9 Å². The lowest BCUT2D eigenvalue weighted by atomic mass is 10.0. The first-order chi connectivity index (χ1) is 8.83. The minimum Gasteiger partial charge on any atom is -0.130 e. The molecule has 2 rings (SSSR count). The molecule has 0 N–H and O–H groups in total. The standard InChI is InChI=1S/C17H20S/c1-3-4-5-14-6-8-15(9-7-14)16-10-12-17(18-2)13-11-16/h6-13H,3-5H2,1-2H3. The van der Waals surface area contributed by atoms with E-state index in [1.165, 1.54) is 40.8 Å². The molecule has 0 nitrogen and oxygen atoms in total. The normalized spacial score (nSPS) is 10.6. The molecule has 0 heterocycles. The minimum absolute atomic E-state index is 1.20. The zero-order valence-corrected chi connectivity index (χ0v) is 12.0. The Labute approximate surface area is 114 Å². The summed E-state index contributed by atoms with van der Waals surface area (Å²) < 4.78 is 0. The highest BCUT2D eigenvalue weighted by atomic mass is 32.2. The highest BCUT2D eigenvalue weighted by Gasteiger charge is 1.98. The van der Waals surface area contributed by atoms with Crippen LogP contribution >= 0.6 is 11.8 Å². The summed E-state index contributed by atoms with van der Waals surface area (Å²) in [6, 6.07) is 17.8. The average Bonchev–Trinajstić information content (AvgIpc) is 2.46. The van der Waals surface area contributed by atoms with Gasteiger partial charge < -0.3 is 0 Å². The SMILES string of the molecule is CCCCc1ccc(-c2ccc(SC)cc2)cc1. The van der Waals surface area contributed by atoms with E-state index >= 15 is 0 Å². The van der Waals surface area contributed by atoms with Crippen molar-refractivity contribution in [3.8, 4) is 11.1 Å². The van der Waals surface area contributed by atoms with Gasteiger partial charge in [-0.2, -0.15) is 0 Å². The first-order valence-corrected chi connectivity index (χ1v) is 7.79. The number of hydrogen-bond donors (Lipinski definition) is 0. The zero-order valence-electron chi connectivity index (χ0n) is 11.1. The predicted molar refractivity (Wildman–Crippen MR) is 82.3 cm³/mol. The van der Waals surface area contributed by atoms with Crippen LogP contribution in [0.25, 0.3) is 11.1 Å². The van der Waals surface area contributed by atoms with E-state index in [4.69, 9.17) is 0 Å². The smallest absolute Gasteiger partial charge is 0.00695 e. The molecule has 2 aromatic rings. The van der Waals surface area contributed by atoms with Gasteiger partial charge in [-0.3, -0.25) is 0 Å². The Morgan fingerprint density at radius 1 is 0.833 bits per heavy atom. The van der Waals surface area contributed by atoms with E-state index in [0.29, 0.717) is 0 Å². The number of hydrogen-bond acceptors (Lipinski definition) is 1. The summed E-state index contributed by atoms with van der Waals surface area (Å²) >= 11 is 1.78. The number of benzene rings is 2. The Bertz CT molecular complexity index is 468. The van der Waals surface area contributed by atoms with Crippen molar-refractivity contribution in [2.45, 2.75) is 31.1 Å². The number of thioether (sulfide) groups is 1. The van der Waals surface area contributed by atoms with Gasteiger partial charge in [-0.15, -0.1) is 11.8 Å². The fourth-order valence-corrected chi connectivity index (χ4v) is 2.44. The van der Waals surface area contributed by atoms with Crippen LogP contribution in [0.4, 0.5) is 0 Å². The van der Waals surface area contributed by atoms with Gasteiger partial charge in [0.15, 0.2) is 0 Å². The molecule has 1 heteroatoms. The van der Waals surface area contributed by atoms with Gasteiger partial charge in [0.05, 0.1) is 0 Å². The molecule has 0 aromatic heterocycles. The summed E-state index contributed by atoms with van der Waals surface area (Å²) in [6.07, 6.45) is 5.85. The highest BCUT2D eigenvalue weighted by Crippen LogP contribution is 2.23. The maximum absolute atomic E-state index is 2.26. The van der Waals surface area contributed by atoms with Crippen LogP contribution in [-0.2, 0) is 6.42 Å². The van der Waals surface area contributed by atoms with Crippen molar-refractivity contribution < 1.29 is 0 Å². The molecule has 0 amide bonds. The average molecular weight is 256 g/mol. The Kier molecular flexibility index (Phi) is 4.89. The van der Waals surface area contributed by atoms with Crippen molar-refractivity contribution in [1.82, 2.24) is 0 Å². The fraction of sp³-hybridized carbons (Fsp3) is 0.294. The molecule has 0 bridgehead atoms. The third-order valence-electron chi connectivity index (χ3n) is 3.20. The lowest BCUT2D eigenvalue weighted by molar-refractivity contribution is 0.795. The lowest BCUT2D eigenvalue weighted by Crippen LogP contribution is -1.85. The molecule has 0 aliphatic carbocycles. The van der Waals surface area contributed by atoms with E-state index in [1.54, 1.807) is 11.8 Å². The molecule has 0 aliphatic rings. The second-order valence-electron chi connectivity index (χ2n) is 4.53. The number of rotatable bonds is 5. The molecule has 0 radical (unpaired) electrons. The van der Waals surface area contributed by atoms with Crippen molar-refractivity contribution in [2.75, 3.05) is 6.26 Å². The van der Waals surface area contributed by atoms with Crippen molar-refractivity contribution in [1.29, 1.82) is 0 Å². The molecule has 0 saturated heterocycles. The number of aryl methyl sites for hydroxylation is 1. The maximum atomic E-state index is 2.26. The molecular formula is C17H20S. The van der Waals surface area contributed by atoms with Gasteiger partial charge >= 0.3 is 0 Å². The van der Waals surface area contributed by atoms with Gasteiger partial charge in [0.25, 0.3) is 0 Å². The molecule has 0 saturated carbocycles. The van der Waals surface area contributed by atoms with E-state index in [2.05, 4.69) is 61.7 Å². The quantitative estimate of drug-likeness (QED) is 0.644. The summed E-state index contributed by atoms with van der Waals surface area (Å²) in [5.74, 6) is 0. The largest absolute Gasteiger partial charge is 0.130 e. The molecule has 0 spiro atoms. The van der Waals surface area contributed by atoms with Gasteiger partial charge in [-0.1, -0.05) is 49.7 Å². The molecule has 94 valence electrons. The van der Waals surface area contributed by atoms with Crippen LogP contribution in [-0.4, -0.2) is 6.26 Å². The monoisotopic (exact) mass is 256 g/mol. The Morgan fingerprint density at radius 3 is 1.89 bits per heavy atom. The summed E-state index contributed by atoms with van der Waals surface area (Å²) in [5.41, 5.74) is 4.05. The molecule has 2 aromatic carbocycles. The van der Waals surface area contributed by atoms with Crippen molar-refractivity contribution in [3.63, 3.8) is 0 Å².